The van der Waals surface area contributed by atoms with Gasteiger partial charge >= 0.3 is 0 Å². The SMILES string of the molecule is CCC(C)NC(=O)CN(CC#N)C1CCCC1. The fraction of sp³-hybridized carbons (Fsp3) is 0.846. The molecular formula is C13H23N3O. The van der Waals surface area contributed by atoms with E-state index in [0.717, 1.165) is 19.3 Å². The highest BCUT2D eigenvalue weighted by Crippen LogP contribution is 2.22. The molecule has 1 N–H and O–H groups in total. The van der Waals surface area contributed by atoms with Gasteiger partial charge in [-0.15, -0.1) is 0 Å². The molecule has 96 valence electrons. The predicted molar refractivity (Wildman–Crippen MR) is 67.3 cm³/mol. The Bertz CT molecular complexity index is 279. The van der Waals surface area contributed by atoms with E-state index >= 15 is 0 Å². The third-order valence-corrected chi connectivity index (χ3v) is 3.48. The minimum Gasteiger partial charge on any atom is -0.353 e. The summed E-state index contributed by atoms with van der Waals surface area (Å²) < 4.78 is 0. The molecule has 0 aromatic carbocycles. The Morgan fingerprint density at radius 3 is 2.71 bits per heavy atom. The van der Waals surface area contributed by atoms with Gasteiger partial charge in [-0.2, -0.15) is 5.26 Å². The van der Waals surface area contributed by atoms with Gasteiger partial charge in [0.2, 0.25) is 5.91 Å². The number of nitrogens with zero attached hydrogens (tertiary/aromatic N) is 2. The molecule has 0 aromatic heterocycles. The van der Waals surface area contributed by atoms with E-state index in [2.05, 4.69) is 18.3 Å². The van der Waals surface area contributed by atoms with Crippen molar-refractivity contribution in [3.05, 3.63) is 0 Å². The van der Waals surface area contributed by atoms with Gasteiger partial charge in [-0.1, -0.05) is 19.8 Å². The van der Waals surface area contributed by atoms with Gasteiger partial charge in [0.1, 0.15) is 0 Å². The number of carbonyl (C=O) groups excluding carboxylic acids is 1. The average Bonchev–Trinajstić information content (AvgIpc) is 2.81. The highest BCUT2D eigenvalue weighted by atomic mass is 16.2. The average molecular weight is 237 g/mol. The summed E-state index contributed by atoms with van der Waals surface area (Å²) in [5.41, 5.74) is 0. The second kappa shape index (κ2) is 7.29. The Kier molecular flexibility index (Phi) is 5.99. The number of hydrogen-bond acceptors (Lipinski definition) is 3. The third-order valence-electron chi connectivity index (χ3n) is 3.48. The fourth-order valence-electron chi connectivity index (χ4n) is 2.28. The van der Waals surface area contributed by atoms with Crippen LogP contribution in [0.2, 0.25) is 0 Å². The van der Waals surface area contributed by atoms with Crippen LogP contribution in [0, 0.1) is 11.3 Å². The van der Waals surface area contributed by atoms with Gasteiger partial charge in [0.05, 0.1) is 19.2 Å². The Hall–Kier alpha value is -1.08. The molecule has 17 heavy (non-hydrogen) atoms. The number of nitrogens with one attached hydrogen (secondary N) is 1. The summed E-state index contributed by atoms with van der Waals surface area (Å²) in [6, 6.07) is 2.81. The van der Waals surface area contributed by atoms with Crippen molar-refractivity contribution in [2.75, 3.05) is 13.1 Å². The molecule has 1 atom stereocenters. The van der Waals surface area contributed by atoms with E-state index < -0.39 is 0 Å². The van der Waals surface area contributed by atoms with Gasteiger partial charge in [-0.05, 0) is 26.2 Å². The van der Waals surface area contributed by atoms with Crippen molar-refractivity contribution in [1.82, 2.24) is 10.2 Å². The first-order valence-corrected chi connectivity index (χ1v) is 6.57. The summed E-state index contributed by atoms with van der Waals surface area (Å²) in [6.45, 7) is 4.78. The topological polar surface area (TPSA) is 56.1 Å². The number of hydrogen-bond donors (Lipinski definition) is 1. The van der Waals surface area contributed by atoms with Crippen LogP contribution in [0.4, 0.5) is 0 Å². The van der Waals surface area contributed by atoms with Crippen LogP contribution in [0.3, 0.4) is 0 Å². The maximum absolute atomic E-state index is 11.8. The van der Waals surface area contributed by atoms with Crippen molar-refractivity contribution in [2.45, 2.75) is 58.0 Å². The normalized spacial score (nSPS) is 18.0. The summed E-state index contributed by atoms with van der Waals surface area (Å²) in [7, 11) is 0. The molecule has 1 rings (SSSR count). The van der Waals surface area contributed by atoms with E-state index in [1.54, 1.807) is 0 Å². The molecule has 0 spiro atoms. The quantitative estimate of drug-likeness (QED) is 0.715. The molecule has 4 nitrogen and oxygen atoms in total. The molecule has 1 fully saturated rings. The maximum Gasteiger partial charge on any atom is 0.234 e. The van der Waals surface area contributed by atoms with Gasteiger partial charge in [-0.3, -0.25) is 9.69 Å². The van der Waals surface area contributed by atoms with E-state index in [4.69, 9.17) is 5.26 Å². The van der Waals surface area contributed by atoms with E-state index in [0.29, 0.717) is 19.1 Å². The van der Waals surface area contributed by atoms with Crippen LogP contribution in [0.1, 0.15) is 46.0 Å². The fourth-order valence-corrected chi connectivity index (χ4v) is 2.28. The van der Waals surface area contributed by atoms with Crippen LogP contribution in [-0.4, -0.2) is 36.0 Å². The first-order valence-electron chi connectivity index (χ1n) is 6.57. The van der Waals surface area contributed by atoms with Crippen molar-refractivity contribution in [1.29, 1.82) is 5.26 Å². The Labute approximate surface area is 104 Å². The molecule has 0 saturated heterocycles. The van der Waals surface area contributed by atoms with Crippen LogP contribution in [-0.2, 0) is 4.79 Å². The van der Waals surface area contributed by atoms with E-state index in [-0.39, 0.29) is 11.9 Å². The van der Waals surface area contributed by atoms with Crippen molar-refractivity contribution < 1.29 is 4.79 Å². The minimum atomic E-state index is 0.0431. The van der Waals surface area contributed by atoms with Crippen molar-refractivity contribution in [2.24, 2.45) is 0 Å². The zero-order valence-corrected chi connectivity index (χ0v) is 10.9. The lowest BCUT2D eigenvalue weighted by atomic mass is 10.2. The van der Waals surface area contributed by atoms with Crippen LogP contribution in [0.25, 0.3) is 0 Å². The maximum atomic E-state index is 11.8. The molecule has 0 heterocycles. The van der Waals surface area contributed by atoms with Crippen molar-refractivity contribution in [3.8, 4) is 6.07 Å². The largest absolute Gasteiger partial charge is 0.353 e. The number of carbonyl (C=O) groups is 1. The summed E-state index contributed by atoms with van der Waals surface area (Å²) >= 11 is 0. The third kappa shape index (κ3) is 4.74. The van der Waals surface area contributed by atoms with Gasteiger partial charge in [-0.25, -0.2) is 0 Å². The van der Waals surface area contributed by atoms with E-state index in [1.807, 2.05) is 11.8 Å². The molecule has 1 saturated carbocycles. The molecule has 1 aliphatic carbocycles. The molecule has 1 aliphatic rings. The monoisotopic (exact) mass is 237 g/mol. The second-order valence-electron chi connectivity index (χ2n) is 4.88. The van der Waals surface area contributed by atoms with Gasteiger partial charge in [0.15, 0.2) is 0 Å². The smallest absolute Gasteiger partial charge is 0.234 e. The highest BCUT2D eigenvalue weighted by molar-refractivity contribution is 5.78. The van der Waals surface area contributed by atoms with E-state index in [1.165, 1.54) is 12.8 Å². The van der Waals surface area contributed by atoms with Crippen LogP contribution in [0.15, 0.2) is 0 Å². The molecule has 0 aromatic rings. The lowest BCUT2D eigenvalue weighted by molar-refractivity contribution is -0.123. The highest BCUT2D eigenvalue weighted by Gasteiger charge is 2.24. The standard InChI is InChI=1S/C13H23N3O/c1-3-11(2)15-13(17)10-16(9-8-14)12-6-4-5-7-12/h11-12H,3-7,9-10H2,1-2H3,(H,15,17). The first kappa shape index (κ1) is 14.0. The molecule has 0 bridgehead atoms. The molecule has 1 unspecified atom stereocenters. The van der Waals surface area contributed by atoms with Crippen LogP contribution in [0.5, 0.6) is 0 Å². The second-order valence-corrected chi connectivity index (χ2v) is 4.88. The lowest BCUT2D eigenvalue weighted by Gasteiger charge is -2.26. The molecular weight excluding hydrogens is 214 g/mol. The van der Waals surface area contributed by atoms with Crippen molar-refractivity contribution in [3.63, 3.8) is 0 Å². The Morgan fingerprint density at radius 2 is 2.18 bits per heavy atom. The Morgan fingerprint density at radius 1 is 1.53 bits per heavy atom. The number of nitriles is 1. The summed E-state index contributed by atoms with van der Waals surface area (Å²) in [5.74, 6) is 0.0431. The van der Waals surface area contributed by atoms with Crippen LogP contribution >= 0.6 is 0 Å². The molecule has 1 amide bonds. The van der Waals surface area contributed by atoms with Gasteiger partial charge in [0, 0.05) is 12.1 Å². The minimum absolute atomic E-state index is 0.0431. The summed E-state index contributed by atoms with van der Waals surface area (Å²) in [6.07, 6.45) is 5.63. The van der Waals surface area contributed by atoms with Crippen LogP contribution < -0.4 is 5.32 Å². The summed E-state index contributed by atoms with van der Waals surface area (Å²) in [5, 5.41) is 11.8. The molecule has 4 heteroatoms. The van der Waals surface area contributed by atoms with E-state index in [9.17, 15) is 4.79 Å². The molecule has 0 radical (unpaired) electrons. The zero-order valence-electron chi connectivity index (χ0n) is 10.9. The summed E-state index contributed by atoms with van der Waals surface area (Å²) in [4.78, 5) is 13.8. The van der Waals surface area contributed by atoms with Crippen molar-refractivity contribution >= 4 is 5.91 Å². The Balaban J connectivity index is 2.43. The number of rotatable bonds is 6. The van der Waals surface area contributed by atoms with Gasteiger partial charge < -0.3 is 5.32 Å². The lowest BCUT2D eigenvalue weighted by Crippen LogP contribution is -2.44. The molecule has 0 aliphatic heterocycles. The van der Waals surface area contributed by atoms with Gasteiger partial charge in [0.25, 0.3) is 0 Å². The predicted octanol–water partition coefficient (Wildman–Crippen LogP) is 1.67. The first-order chi connectivity index (χ1) is 8.17. The number of amides is 1. The zero-order chi connectivity index (χ0) is 12.7.